The van der Waals surface area contributed by atoms with E-state index in [1.807, 2.05) is 17.5 Å². The number of hydrogen-bond acceptors (Lipinski definition) is 3. The minimum Gasteiger partial charge on any atom is -0.496 e. The van der Waals surface area contributed by atoms with Crippen LogP contribution in [-0.2, 0) is 0 Å². The van der Waals surface area contributed by atoms with Crippen molar-refractivity contribution in [3.05, 3.63) is 21.1 Å². The highest BCUT2D eigenvalue weighted by atomic mass is 127. The van der Waals surface area contributed by atoms with E-state index in [0.717, 1.165) is 20.4 Å². The number of fused-ring (bicyclic) bond motifs is 1. The van der Waals surface area contributed by atoms with Gasteiger partial charge in [-0.3, -0.25) is 0 Å². The normalized spacial score (nSPS) is 10.6. The van der Waals surface area contributed by atoms with E-state index in [2.05, 4.69) is 22.6 Å². The van der Waals surface area contributed by atoms with Crippen molar-refractivity contribution in [2.75, 3.05) is 12.8 Å². The second-order valence-electron chi connectivity index (χ2n) is 2.65. The first kappa shape index (κ1) is 9.08. The summed E-state index contributed by atoms with van der Waals surface area (Å²) in [6, 6.07) is 3.91. The molecule has 0 spiro atoms. The van der Waals surface area contributed by atoms with Crippen LogP contribution in [0.1, 0.15) is 0 Å². The van der Waals surface area contributed by atoms with Crippen molar-refractivity contribution >= 4 is 49.7 Å². The fourth-order valence-electron chi connectivity index (χ4n) is 1.25. The van der Waals surface area contributed by atoms with E-state index < -0.39 is 0 Å². The number of benzene rings is 1. The van der Waals surface area contributed by atoms with Gasteiger partial charge in [-0.2, -0.15) is 0 Å². The molecule has 0 aliphatic heterocycles. The molecule has 0 amide bonds. The largest absolute Gasteiger partial charge is 0.496 e. The molecule has 2 nitrogen and oxygen atoms in total. The number of rotatable bonds is 1. The first-order chi connectivity index (χ1) is 6.24. The number of nitrogens with two attached hydrogens (primary N) is 1. The molecule has 0 fully saturated rings. The zero-order valence-corrected chi connectivity index (χ0v) is 9.98. The zero-order chi connectivity index (χ0) is 9.42. The molecule has 68 valence electrons. The Hall–Kier alpha value is -0.490. The average Bonchev–Trinajstić information content (AvgIpc) is 2.60. The van der Waals surface area contributed by atoms with E-state index >= 15 is 0 Å². The highest BCUT2D eigenvalue weighted by molar-refractivity contribution is 14.1. The molecule has 0 aliphatic carbocycles. The van der Waals surface area contributed by atoms with Crippen LogP contribution < -0.4 is 10.5 Å². The lowest BCUT2D eigenvalue weighted by atomic mass is 10.2. The second kappa shape index (κ2) is 3.34. The molecule has 2 rings (SSSR count). The van der Waals surface area contributed by atoms with E-state index in [1.54, 1.807) is 18.4 Å². The molecule has 0 atom stereocenters. The van der Waals surface area contributed by atoms with E-state index in [1.165, 1.54) is 4.70 Å². The van der Waals surface area contributed by atoms with Gasteiger partial charge < -0.3 is 10.5 Å². The standard InChI is InChI=1S/C9H8INOS/c1-12-7-4-6(11)5-2-3-13-9(5)8(7)10/h2-4H,11H2,1H3. The average molecular weight is 305 g/mol. The van der Waals surface area contributed by atoms with Gasteiger partial charge >= 0.3 is 0 Å². The van der Waals surface area contributed by atoms with E-state index in [9.17, 15) is 0 Å². The number of thiophene rings is 1. The first-order valence-electron chi connectivity index (χ1n) is 3.73. The van der Waals surface area contributed by atoms with Crippen LogP contribution in [-0.4, -0.2) is 7.11 Å². The molecule has 0 saturated heterocycles. The van der Waals surface area contributed by atoms with Crippen molar-refractivity contribution in [1.82, 2.24) is 0 Å². The van der Waals surface area contributed by atoms with Gasteiger partial charge in [0, 0.05) is 17.1 Å². The van der Waals surface area contributed by atoms with Crippen molar-refractivity contribution in [3.63, 3.8) is 0 Å². The fourth-order valence-corrected chi connectivity index (χ4v) is 3.15. The van der Waals surface area contributed by atoms with Crippen molar-refractivity contribution < 1.29 is 4.74 Å². The molecule has 1 aromatic carbocycles. The van der Waals surface area contributed by atoms with Gasteiger partial charge in [0.25, 0.3) is 0 Å². The molecule has 2 N–H and O–H groups in total. The predicted molar refractivity (Wildman–Crippen MR) is 65.5 cm³/mol. The van der Waals surface area contributed by atoms with Crippen LogP contribution >= 0.6 is 33.9 Å². The quantitative estimate of drug-likeness (QED) is 0.649. The smallest absolute Gasteiger partial charge is 0.135 e. The summed E-state index contributed by atoms with van der Waals surface area (Å²) in [5, 5.41) is 3.16. The molecular formula is C9H8INOS. The lowest BCUT2D eigenvalue weighted by molar-refractivity contribution is 0.413. The van der Waals surface area contributed by atoms with E-state index in [0.29, 0.717) is 0 Å². The Bertz CT molecular complexity index is 452. The van der Waals surface area contributed by atoms with Gasteiger partial charge in [-0.1, -0.05) is 0 Å². The third kappa shape index (κ3) is 1.38. The molecule has 0 aliphatic rings. The summed E-state index contributed by atoms with van der Waals surface area (Å²) in [5.41, 5.74) is 6.65. The van der Waals surface area contributed by atoms with Crippen molar-refractivity contribution in [3.8, 4) is 5.75 Å². The van der Waals surface area contributed by atoms with Crippen LogP contribution in [0.3, 0.4) is 0 Å². The molecule has 1 aromatic heterocycles. The van der Waals surface area contributed by atoms with Crippen LogP contribution in [0.25, 0.3) is 10.1 Å². The Kier molecular flexibility index (Phi) is 2.33. The summed E-state index contributed by atoms with van der Waals surface area (Å²) in [4.78, 5) is 0. The summed E-state index contributed by atoms with van der Waals surface area (Å²) < 4.78 is 7.57. The lowest BCUT2D eigenvalue weighted by Gasteiger charge is -2.05. The summed E-state index contributed by atoms with van der Waals surface area (Å²) >= 11 is 3.97. The van der Waals surface area contributed by atoms with E-state index in [-0.39, 0.29) is 0 Å². The monoisotopic (exact) mass is 305 g/mol. The maximum atomic E-state index is 5.87. The predicted octanol–water partition coefficient (Wildman–Crippen LogP) is 3.10. The number of methoxy groups -OCH3 is 1. The van der Waals surface area contributed by atoms with Gasteiger partial charge in [-0.15, -0.1) is 11.3 Å². The highest BCUT2D eigenvalue weighted by Gasteiger charge is 2.09. The Morgan fingerprint density at radius 1 is 1.54 bits per heavy atom. The van der Waals surface area contributed by atoms with Gasteiger partial charge in [-0.25, -0.2) is 0 Å². The number of ether oxygens (including phenoxy) is 1. The van der Waals surface area contributed by atoms with Crippen LogP contribution in [0.4, 0.5) is 5.69 Å². The molecule has 13 heavy (non-hydrogen) atoms. The summed E-state index contributed by atoms with van der Waals surface area (Å²) in [7, 11) is 1.66. The minimum absolute atomic E-state index is 0.786. The van der Waals surface area contributed by atoms with Crippen LogP contribution in [0.15, 0.2) is 17.5 Å². The number of nitrogen functional groups attached to an aromatic ring is 1. The topological polar surface area (TPSA) is 35.2 Å². The molecule has 0 bridgehead atoms. The molecule has 0 unspecified atom stereocenters. The molecular weight excluding hydrogens is 297 g/mol. The van der Waals surface area contributed by atoms with Gasteiger partial charge in [0.1, 0.15) is 5.75 Å². The number of hydrogen-bond donors (Lipinski definition) is 1. The number of anilines is 1. The molecule has 0 radical (unpaired) electrons. The third-order valence-corrected chi connectivity index (χ3v) is 4.27. The second-order valence-corrected chi connectivity index (χ2v) is 4.64. The molecule has 2 aromatic rings. The maximum Gasteiger partial charge on any atom is 0.135 e. The first-order valence-corrected chi connectivity index (χ1v) is 5.69. The molecule has 4 heteroatoms. The SMILES string of the molecule is COc1cc(N)c2ccsc2c1I. The Balaban J connectivity index is 2.85. The number of halogens is 1. The third-order valence-electron chi connectivity index (χ3n) is 1.90. The fraction of sp³-hybridized carbons (Fsp3) is 0.111. The van der Waals surface area contributed by atoms with E-state index in [4.69, 9.17) is 10.5 Å². The molecule has 1 heterocycles. The van der Waals surface area contributed by atoms with Crippen LogP contribution in [0.5, 0.6) is 5.75 Å². The summed E-state index contributed by atoms with van der Waals surface area (Å²) in [5.74, 6) is 0.855. The van der Waals surface area contributed by atoms with Crippen molar-refractivity contribution in [1.29, 1.82) is 0 Å². The van der Waals surface area contributed by atoms with Crippen molar-refractivity contribution in [2.45, 2.75) is 0 Å². The van der Waals surface area contributed by atoms with Gasteiger partial charge in [0.2, 0.25) is 0 Å². The maximum absolute atomic E-state index is 5.87. The van der Waals surface area contributed by atoms with Gasteiger partial charge in [0.15, 0.2) is 0 Å². The van der Waals surface area contributed by atoms with Gasteiger partial charge in [-0.05, 0) is 34.0 Å². The molecule has 0 saturated carbocycles. The summed E-state index contributed by atoms with van der Waals surface area (Å²) in [6.07, 6.45) is 0. The summed E-state index contributed by atoms with van der Waals surface area (Å²) in [6.45, 7) is 0. The van der Waals surface area contributed by atoms with Crippen LogP contribution in [0.2, 0.25) is 0 Å². The Labute approximate surface area is 93.8 Å². The Morgan fingerprint density at radius 3 is 3.00 bits per heavy atom. The lowest BCUT2D eigenvalue weighted by Crippen LogP contribution is -1.91. The van der Waals surface area contributed by atoms with Crippen LogP contribution in [0, 0.1) is 3.57 Å². The van der Waals surface area contributed by atoms with Crippen molar-refractivity contribution in [2.24, 2.45) is 0 Å². The van der Waals surface area contributed by atoms with Gasteiger partial charge in [0.05, 0.1) is 15.4 Å². The highest BCUT2D eigenvalue weighted by Crippen LogP contribution is 2.36. The minimum atomic E-state index is 0.786. The zero-order valence-electron chi connectivity index (χ0n) is 7.00. The Morgan fingerprint density at radius 2 is 2.31 bits per heavy atom.